The minimum Gasteiger partial charge on any atom is -0.497 e. The van der Waals surface area contributed by atoms with Gasteiger partial charge in [-0.05, 0) is 44.0 Å². The molecule has 18 heavy (non-hydrogen) atoms. The second-order valence-corrected chi connectivity index (χ2v) is 4.41. The number of benzene rings is 1. The Bertz CT molecular complexity index is 311. The van der Waals surface area contributed by atoms with Gasteiger partial charge in [0.15, 0.2) is 0 Å². The molecule has 102 valence electrons. The van der Waals surface area contributed by atoms with Gasteiger partial charge in [0.2, 0.25) is 0 Å². The fourth-order valence-corrected chi connectivity index (χ4v) is 1.75. The Morgan fingerprint density at radius 1 is 1.17 bits per heavy atom. The molecule has 0 fully saturated rings. The van der Waals surface area contributed by atoms with Crippen molar-refractivity contribution in [2.45, 2.75) is 32.7 Å². The summed E-state index contributed by atoms with van der Waals surface area (Å²) in [5, 5.41) is 3.49. The fraction of sp³-hybridized carbons (Fsp3) is 0.600. The molecule has 0 spiro atoms. The molecule has 1 rings (SSSR count). The van der Waals surface area contributed by atoms with Crippen molar-refractivity contribution in [3.8, 4) is 5.75 Å². The van der Waals surface area contributed by atoms with E-state index in [1.165, 1.54) is 5.56 Å². The average Bonchev–Trinajstić information content (AvgIpc) is 2.42. The zero-order valence-corrected chi connectivity index (χ0v) is 11.7. The molecule has 0 aliphatic heterocycles. The van der Waals surface area contributed by atoms with E-state index in [0.717, 1.165) is 38.3 Å². The lowest BCUT2D eigenvalue weighted by Crippen LogP contribution is -2.21. The van der Waals surface area contributed by atoms with Gasteiger partial charge >= 0.3 is 0 Å². The lowest BCUT2D eigenvalue weighted by molar-refractivity contribution is 0.132. The zero-order valence-electron chi connectivity index (χ0n) is 11.7. The number of rotatable bonds is 9. The summed E-state index contributed by atoms with van der Waals surface area (Å²) >= 11 is 0. The van der Waals surface area contributed by atoms with Gasteiger partial charge in [0, 0.05) is 19.3 Å². The Balaban J connectivity index is 2.21. The molecule has 0 radical (unpaired) electrons. The van der Waals surface area contributed by atoms with Crippen molar-refractivity contribution < 1.29 is 9.47 Å². The van der Waals surface area contributed by atoms with Crippen molar-refractivity contribution in [1.29, 1.82) is 0 Å². The van der Waals surface area contributed by atoms with E-state index in [2.05, 4.69) is 31.3 Å². The average molecular weight is 251 g/mol. The first-order valence-electron chi connectivity index (χ1n) is 6.73. The van der Waals surface area contributed by atoms with Crippen molar-refractivity contribution >= 4 is 0 Å². The molecule has 0 aliphatic rings. The van der Waals surface area contributed by atoms with Crippen molar-refractivity contribution in [2.24, 2.45) is 0 Å². The molecule has 3 heteroatoms. The molecule has 0 amide bonds. The number of methoxy groups -OCH3 is 1. The van der Waals surface area contributed by atoms with E-state index in [4.69, 9.17) is 9.47 Å². The highest BCUT2D eigenvalue weighted by Gasteiger charge is 2.04. The molecule has 0 heterocycles. The third-order valence-corrected chi connectivity index (χ3v) is 2.88. The predicted molar refractivity (Wildman–Crippen MR) is 75.1 cm³/mol. The minimum atomic E-state index is 0.363. The van der Waals surface area contributed by atoms with Gasteiger partial charge in [0.25, 0.3) is 0 Å². The molecular weight excluding hydrogens is 226 g/mol. The quantitative estimate of drug-likeness (QED) is 0.684. The Hall–Kier alpha value is -1.06. The summed E-state index contributed by atoms with van der Waals surface area (Å²) in [6, 6.07) is 8.56. The van der Waals surface area contributed by atoms with E-state index in [-0.39, 0.29) is 0 Å². The van der Waals surface area contributed by atoms with Crippen LogP contribution in [-0.4, -0.2) is 26.9 Å². The topological polar surface area (TPSA) is 30.5 Å². The zero-order chi connectivity index (χ0) is 13.2. The normalized spacial score (nSPS) is 12.4. The van der Waals surface area contributed by atoms with Gasteiger partial charge in [0.1, 0.15) is 5.75 Å². The van der Waals surface area contributed by atoms with Crippen LogP contribution in [0.5, 0.6) is 5.75 Å². The van der Waals surface area contributed by atoms with Crippen LogP contribution in [0.15, 0.2) is 24.3 Å². The molecule has 3 nitrogen and oxygen atoms in total. The van der Waals surface area contributed by atoms with Crippen molar-refractivity contribution in [2.75, 3.05) is 26.9 Å². The molecule has 1 N–H and O–H groups in total. The van der Waals surface area contributed by atoms with Crippen LogP contribution >= 0.6 is 0 Å². The lowest BCUT2D eigenvalue weighted by atomic mass is 10.1. The Labute approximate surface area is 110 Å². The maximum atomic E-state index is 5.44. The third kappa shape index (κ3) is 5.52. The summed E-state index contributed by atoms with van der Waals surface area (Å²) in [4.78, 5) is 0. The molecule has 0 bridgehead atoms. The highest BCUT2D eigenvalue weighted by atomic mass is 16.5. The van der Waals surface area contributed by atoms with Crippen molar-refractivity contribution in [3.05, 3.63) is 29.8 Å². The van der Waals surface area contributed by atoms with E-state index < -0.39 is 0 Å². The molecule has 1 atom stereocenters. The largest absolute Gasteiger partial charge is 0.497 e. The van der Waals surface area contributed by atoms with Gasteiger partial charge in [-0.3, -0.25) is 0 Å². The molecule has 0 aliphatic carbocycles. The van der Waals surface area contributed by atoms with Crippen LogP contribution < -0.4 is 10.1 Å². The van der Waals surface area contributed by atoms with Crippen LogP contribution in [0.3, 0.4) is 0 Å². The summed E-state index contributed by atoms with van der Waals surface area (Å²) in [6.45, 7) is 7.00. The maximum absolute atomic E-state index is 5.44. The first-order valence-corrected chi connectivity index (χ1v) is 6.73. The fourth-order valence-electron chi connectivity index (χ4n) is 1.75. The second kappa shape index (κ2) is 8.95. The van der Waals surface area contributed by atoms with E-state index >= 15 is 0 Å². The van der Waals surface area contributed by atoms with Crippen molar-refractivity contribution in [3.63, 3.8) is 0 Å². The van der Waals surface area contributed by atoms with Gasteiger partial charge in [-0.2, -0.15) is 0 Å². The Morgan fingerprint density at radius 3 is 2.50 bits per heavy atom. The first kappa shape index (κ1) is 15.0. The van der Waals surface area contributed by atoms with Crippen LogP contribution in [-0.2, 0) is 4.74 Å². The smallest absolute Gasteiger partial charge is 0.118 e. The number of hydrogen-bond donors (Lipinski definition) is 1. The Kier molecular flexibility index (Phi) is 7.46. The number of nitrogens with one attached hydrogen (secondary N) is 1. The summed E-state index contributed by atoms with van der Waals surface area (Å²) in [5.74, 6) is 0.902. The van der Waals surface area contributed by atoms with Crippen LogP contribution in [0.2, 0.25) is 0 Å². The molecule has 0 saturated heterocycles. The summed E-state index contributed by atoms with van der Waals surface area (Å²) in [5.41, 5.74) is 1.28. The number of hydrogen-bond acceptors (Lipinski definition) is 3. The monoisotopic (exact) mass is 251 g/mol. The van der Waals surface area contributed by atoms with Gasteiger partial charge in [-0.1, -0.05) is 19.1 Å². The van der Waals surface area contributed by atoms with Gasteiger partial charge < -0.3 is 14.8 Å². The standard InChI is InChI=1S/C15H25NO2/c1-4-11-18-12-5-10-16-13(2)14-6-8-15(17-3)9-7-14/h6-9,13,16H,4-5,10-12H2,1-3H3. The molecule has 0 saturated carbocycles. The minimum absolute atomic E-state index is 0.363. The van der Waals surface area contributed by atoms with Crippen LogP contribution in [0.25, 0.3) is 0 Å². The SMILES string of the molecule is CCCOCCCNC(C)c1ccc(OC)cc1. The van der Waals surface area contributed by atoms with E-state index in [1.54, 1.807) is 7.11 Å². The van der Waals surface area contributed by atoms with Gasteiger partial charge in [-0.15, -0.1) is 0 Å². The molecule has 0 aromatic heterocycles. The molecule has 1 unspecified atom stereocenters. The predicted octanol–water partition coefficient (Wildman–Crippen LogP) is 3.16. The van der Waals surface area contributed by atoms with Crippen LogP contribution in [0.1, 0.15) is 38.3 Å². The first-order chi connectivity index (χ1) is 8.77. The lowest BCUT2D eigenvalue weighted by Gasteiger charge is -2.14. The number of ether oxygens (including phenoxy) is 2. The van der Waals surface area contributed by atoms with E-state index in [9.17, 15) is 0 Å². The third-order valence-electron chi connectivity index (χ3n) is 2.88. The van der Waals surface area contributed by atoms with E-state index in [0.29, 0.717) is 6.04 Å². The van der Waals surface area contributed by atoms with Gasteiger partial charge in [0.05, 0.1) is 7.11 Å². The summed E-state index contributed by atoms with van der Waals surface area (Å²) in [6.07, 6.45) is 2.15. The summed E-state index contributed by atoms with van der Waals surface area (Å²) < 4.78 is 10.6. The van der Waals surface area contributed by atoms with E-state index in [1.807, 2.05) is 12.1 Å². The highest BCUT2D eigenvalue weighted by Crippen LogP contribution is 2.16. The Morgan fingerprint density at radius 2 is 1.89 bits per heavy atom. The molecule has 1 aromatic rings. The van der Waals surface area contributed by atoms with Crippen molar-refractivity contribution in [1.82, 2.24) is 5.32 Å². The maximum Gasteiger partial charge on any atom is 0.118 e. The van der Waals surface area contributed by atoms with Crippen LogP contribution in [0.4, 0.5) is 0 Å². The second-order valence-electron chi connectivity index (χ2n) is 4.41. The van der Waals surface area contributed by atoms with Gasteiger partial charge in [-0.25, -0.2) is 0 Å². The van der Waals surface area contributed by atoms with Crippen LogP contribution in [0, 0.1) is 0 Å². The highest BCUT2D eigenvalue weighted by molar-refractivity contribution is 5.28. The molecule has 1 aromatic carbocycles. The summed E-state index contributed by atoms with van der Waals surface area (Å²) in [7, 11) is 1.69. The molecular formula is C15H25NO2.